The van der Waals surface area contributed by atoms with Crippen molar-refractivity contribution in [1.29, 1.82) is 0 Å². The molecule has 0 radical (unpaired) electrons. The molecule has 0 aromatic heterocycles. The Bertz CT molecular complexity index is 433. The average molecular weight is 284 g/mol. The fourth-order valence-corrected chi connectivity index (χ4v) is 2.61. The van der Waals surface area contributed by atoms with Crippen LogP contribution in [0.4, 0.5) is 5.69 Å². The Hall–Kier alpha value is -1.03. The first-order valence-electron chi connectivity index (χ1n) is 5.21. The van der Waals surface area contributed by atoms with E-state index < -0.39 is 5.54 Å². The van der Waals surface area contributed by atoms with Crippen LogP contribution in [0, 0.1) is 0 Å². The molecule has 0 aliphatic carbocycles. The number of carbonyl (C=O) groups is 1. The topological polar surface area (TPSA) is 38.3 Å². The van der Waals surface area contributed by atoms with Crippen LogP contribution in [-0.2, 0) is 16.0 Å². The number of fused-ring (bicyclic) bond motifs is 1. The van der Waals surface area contributed by atoms with Gasteiger partial charge in [0.25, 0.3) is 0 Å². The lowest BCUT2D eigenvalue weighted by molar-refractivity contribution is -0.145. The average Bonchev–Trinajstić information content (AvgIpc) is 2.28. The van der Waals surface area contributed by atoms with Crippen LogP contribution in [-0.4, -0.2) is 18.6 Å². The van der Waals surface area contributed by atoms with Gasteiger partial charge in [0.2, 0.25) is 0 Å². The standard InChI is InChI=1S/C12H14BrNO2/c1-12(11(15)16-2)7-6-8-9(13)4-3-5-10(8)14-12/h3-5,14H,6-7H2,1-2H3. The van der Waals surface area contributed by atoms with Crippen molar-refractivity contribution < 1.29 is 9.53 Å². The molecule has 1 unspecified atom stereocenters. The van der Waals surface area contributed by atoms with Crippen molar-refractivity contribution in [3.05, 3.63) is 28.2 Å². The van der Waals surface area contributed by atoms with Crippen LogP contribution in [0.2, 0.25) is 0 Å². The molecule has 0 spiro atoms. The molecule has 1 aromatic carbocycles. The minimum Gasteiger partial charge on any atom is -0.467 e. The Morgan fingerprint density at radius 2 is 2.31 bits per heavy atom. The van der Waals surface area contributed by atoms with Gasteiger partial charge in [-0.25, -0.2) is 4.79 Å². The third-order valence-electron chi connectivity index (χ3n) is 3.04. The van der Waals surface area contributed by atoms with Crippen molar-refractivity contribution in [2.24, 2.45) is 0 Å². The first-order chi connectivity index (χ1) is 7.57. The second-order valence-electron chi connectivity index (χ2n) is 4.21. The van der Waals surface area contributed by atoms with E-state index in [0.717, 1.165) is 23.0 Å². The number of hydrogen-bond donors (Lipinski definition) is 1. The summed E-state index contributed by atoms with van der Waals surface area (Å²) in [5, 5.41) is 3.26. The second-order valence-corrected chi connectivity index (χ2v) is 5.07. The summed E-state index contributed by atoms with van der Waals surface area (Å²) in [6.45, 7) is 1.88. The maximum Gasteiger partial charge on any atom is 0.331 e. The fourth-order valence-electron chi connectivity index (χ4n) is 2.04. The highest BCUT2D eigenvalue weighted by Gasteiger charge is 2.37. The lowest BCUT2D eigenvalue weighted by atomic mass is 9.88. The molecule has 0 fully saturated rings. The number of benzene rings is 1. The normalized spacial score (nSPS) is 23.2. The molecule has 1 N–H and O–H groups in total. The number of hydrogen-bond acceptors (Lipinski definition) is 3. The van der Waals surface area contributed by atoms with Gasteiger partial charge >= 0.3 is 5.97 Å². The van der Waals surface area contributed by atoms with Gasteiger partial charge in [-0.15, -0.1) is 0 Å². The minimum atomic E-state index is -0.609. The third kappa shape index (κ3) is 1.82. The van der Waals surface area contributed by atoms with Crippen molar-refractivity contribution in [3.8, 4) is 0 Å². The van der Waals surface area contributed by atoms with Gasteiger partial charge in [-0.2, -0.15) is 0 Å². The molecule has 1 heterocycles. The number of ether oxygens (including phenoxy) is 1. The zero-order valence-electron chi connectivity index (χ0n) is 9.34. The summed E-state index contributed by atoms with van der Waals surface area (Å²) in [7, 11) is 1.42. The van der Waals surface area contributed by atoms with Gasteiger partial charge < -0.3 is 10.1 Å². The van der Waals surface area contributed by atoms with Gasteiger partial charge in [-0.3, -0.25) is 0 Å². The number of anilines is 1. The van der Waals surface area contributed by atoms with E-state index in [2.05, 4.69) is 21.2 Å². The summed E-state index contributed by atoms with van der Waals surface area (Å²) in [5.74, 6) is -0.210. The predicted molar refractivity (Wildman–Crippen MR) is 66.5 cm³/mol. The minimum absolute atomic E-state index is 0.210. The lowest BCUT2D eigenvalue weighted by Crippen LogP contribution is -2.47. The summed E-state index contributed by atoms with van der Waals surface area (Å²) < 4.78 is 5.91. The Morgan fingerprint density at radius 3 is 3.00 bits per heavy atom. The van der Waals surface area contributed by atoms with Crippen LogP contribution < -0.4 is 5.32 Å². The highest BCUT2D eigenvalue weighted by Crippen LogP contribution is 2.35. The first kappa shape index (κ1) is 11.5. The number of halogens is 1. The molecule has 0 saturated heterocycles. The zero-order valence-corrected chi connectivity index (χ0v) is 10.9. The highest BCUT2D eigenvalue weighted by molar-refractivity contribution is 9.10. The molecule has 4 heteroatoms. The van der Waals surface area contributed by atoms with E-state index in [9.17, 15) is 4.79 Å². The van der Waals surface area contributed by atoms with Crippen molar-refractivity contribution in [3.63, 3.8) is 0 Å². The monoisotopic (exact) mass is 283 g/mol. The van der Waals surface area contributed by atoms with Gasteiger partial charge in [-0.05, 0) is 37.5 Å². The molecule has 16 heavy (non-hydrogen) atoms. The van der Waals surface area contributed by atoms with E-state index in [1.807, 2.05) is 25.1 Å². The largest absolute Gasteiger partial charge is 0.467 e. The van der Waals surface area contributed by atoms with Crippen LogP contribution in [0.3, 0.4) is 0 Å². The van der Waals surface area contributed by atoms with E-state index >= 15 is 0 Å². The number of methoxy groups -OCH3 is 1. The van der Waals surface area contributed by atoms with E-state index in [1.54, 1.807) is 0 Å². The Labute approximate surface area is 103 Å². The quantitative estimate of drug-likeness (QED) is 0.806. The molecule has 0 bridgehead atoms. The smallest absolute Gasteiger partial charge is 0.331 e. The Kier molecular flexibility index (Phi) is 2.93. The number of esters is 1. The first-order valence-corrected chi connectivity index (χ1v) is 6.00. The maximum absolute atomic E-state index is 11.7. The summed E-state index contributed by atoms with van der Waals surface area (Å²) >= 11 is 3.52. The molecule has 3 nitrogen and oxygen atoms in total. The van der Waals surface area contributed by atoms with E-state index in [-0.39, 0.29) is 5.97 Å². The maximum atomic E-state index is 11.7. The summed E-state index contributed by atoms with van der Waals surface area (Å²) in [4.78, 5) is 11.7. The van der Waals surface area contributed by atoms with Crippen LogP contribution in [0.5, 0.6) is 0 Å². The molecule has 0 amide bonds. The number of nitrogens with one attached hydrogen (secondary N) is 1. The van der Waals surface area contributed by atoms with E-state index in [0.29, 0.717) is 0 Å². The molecule has 86 valence electrons. The Morgan fingerprint density at radius 1 is 1.56 bits per heavy atom. The molecule has 1 aromatic rings. The Balaban J connectivity index is 2.34. The zero-order chi connectivity index (χ0) is 11.8. The summed E-state index contributed by atoms with van der Waals surface area (Å²) in [5.41, 5.74) is 1.63. The van der Waals surface area contributed by atoms with Crippen LogP contribution in [0.15, 0.2) is 22.7 Å². The fraction of sp³-hybridized carbons (Fsp3) is 0.417. The van der Waals surface area contributed by atoms with E-state index in [4.69, 9.17) is 4.74 Å². The molecular weight excluding hydrogens is 270 g/mol. The summed E-state index contributed by atoms with van der Waals surface area (Å²) in [6.07, 6.45) is 1.62. The van der Waals surface area contributed by atoms with Gasteiger partial charge in [0, 0.05) is 10.2 Å². The van der Waals surface area contributed by atoms with Gasteiger partial charge in [0.1, 0.15) is 5.54 Å². The van der Waals surface area contributed by atoms with Crippen molar-refractivity contribution >= 4 is 27.6 Å². The molecule has 1 aliphatic rings. The van der Waals surface area contributed by atoms with Gasteiger partial charge in [0.15, 0.2) is 0 Å². The van der Waals surface area contributed by atoms with Gasteiger partial charge in [0.05, 0.1) is 7.11 Å². The van der Waals surface area contributed by atoms with Crippen LogP contribution in [0.25, 0.3) is 0 Å². The van der Waals surface area contributed by atoms with E-state index in [1.165, 1.54) is 12.7 Å². The third-order valence-corrected chi connectivity index (χ3v) is 3.78. The van der Waals surface area contributed by atoms with Crippen molar-refractivity contribution in [2.45, 2.75) is 25.3 Å². The van der Waals surface area contributed by atoms with Crippen LogP contribution in [0.1, 0.15) is 18.9 Å². The molecule has 1 aliphatic heterocycles. The molecule has 2 rings (SSSR count). The predicted octanol–water partition coefficient (Wildman–Crippen LogP) is 2.74. The summed E-state index contributed by atoms with van der Waals surface area (Å²) in [6, 6.07) is 5.96. The second kappa shape index (κ2) is 4.09. The van der Waals surface area contributed by atoms with Gasteiger partial charge in [-0.1, -0.05) is 22.0 Å². The molecule has 0 saturated carbocycles. The van der Waals surface area contributed by atoms with Crippen LogP contribution >= 0.6 is 15.9 Å². The molecular formula is C12H14BrNO2. The lowest BCUT2D eigenvalue weighted by Gasteiger charge is -2.34. The van der Waals surface area contributed by atoms with Crippen molar-refractivity contribution in [1.82, 2.24) is 0 Å². The van der Waals surface area contributed by atoms with Crippen molar-refractivity contribution in [2.75, 3.05) is 12.4 Å². The molecule has 1 atom stereocenters. The number of rotatable bonds is 1. The number of carbonyl (C=O) groups excluding carboxylic acids is 1. The SMILES string of the molecule is COC(=O)C1(C)CCc2c(Br)cccc2N1. The highest BCUT2D eigenvalue weighted by atomic mass is 79.9.